The first-order chi connectivity index (χ1) is 21.6. The maximum Gasteiger partial charge on any atom is 0.573 e. The van der Waals surface area contributed by atoms with Crippen molar-refractivity contribution in [1.82, 2.24) is 5.32 Å². The first-order valence-corrected chi connectivity index (χ1v) is 15.6. The lowest BCUT2D eigenvalue weighted by molar-refractivity contribution is -0.953. The molecule has 2 aliphatic heterocycles. The number of benzene rings is 3. The summed E-state index contributed by atoms with van der Waals surface area (Å²) in [4.78, 5) is 27.6. The zero-order valence-corrected chi connectivity index (χ0v) is 26.5. The van der Waals surface area contributed by atoms with Gasteiger partial charge in [0.2, 0.25) is 5.54 Å². The van der Waals surface area contributed by atoms with Crippen LogP contribution in [0.5, 0.6) is 17.2 Å². The van der Waals surface area contributed by atoms with Crippen LogP contribution in [-0.4, -0.2) is 78.2 Å². The number of carbonyl (C=O) groups excluding carboxylic acids is 2. The number of quaternary nitrogens is 1. The maximum absolute atomic E-state index is 15.5. The number of anilines is 1. The number of halogens is 5. The molecule has 1 saturated heterocycles. The van der Waals surface area contributed by atoms with Gasteiger partial charge in [-0.15, -0.1) is 13.2 Å². The first kappa shape index (κ1) is 33.3. The molecule has 0 aromatic heterocycles. The Labute approximate surface area is 267 Å². The van der Waals surface area contributed by atoms with Gasteiger partial charge >= 0.3 is 12.3 Å². The Kier molecular flexibility index (Phi) is 8.41. The quantitative estimate of drug-likeness (QED) is 0.274. The second kappa shape index (κ2) is 11.6. The molecule has 46 heavy (non-hydrogen) atoms. The Morgan fingerprint density at radius 3 is 2.37 bits per heavy atom. The van der Waals surface area contributed by atoms with Crippen molar-refractivity contribution in [1.29, 1.82) is 0 Å². The molecule has 5 rings (SSSR count). The standard InChI is InChI=1S/C30H28ClF4N3O7S/c1-36-27(39)23-14-18(32)16-38(23,2)29(20-7-5-6-8-24(20)44-4)21-13-17(31)9-11-22(21)37(28(29)40)46(41,42)26-12-10-19(43-3)15-25(26)45-30(33,34)35/h5-13,15,18,23H,14,16H2,1-4H3/p+1/t18-,23-,29?,38?/m0/s1. The van der Waals surface area contributed by atoms with E-state index in [9.17, 15) is 26.4 Å². The average Bonchev–Trinajstić information content (AvgIpc) is 3.46. The van der Waals surface area contributed by atoms with Gasteiger partial charge in [0.15, 0.2) is 18.0 Å². The number of likely N-dealkylation sites (tertiary alicyclic amines) is 1. The third kappa shape index (κ3) is 5.00. The number of hydrogen-bond donors (Lipinski definition) is 1. The number of amides is 2. The average molecular weight is 687 g/mol. The van der Waals surface area contributed by atoms with Gasteiger partial charge < -0.3 is 19.5 Å². The number of ether oxygens (including phenoxy) is 3. The Morgan fingerprint density at radius 2 is 1.74 bits per heavy atom. The number of methoxy groups -OCH3 is 2. The van der Waals surface area contributed by atoms with Crippen LogP contribution in [0.2, 0.25) is 5.02 Å². The van der Waals surface area contributed by atoms with Crippen LogP contribution in [0, 0.1) is 0 Å². The van der Waals surface area contributed by atoms with E-state index >= 15 is 9.18 Å². The molecule has 2 heterocycles. The van der Waals surface area contributed by atoms with Gasteiger partial charge in [0, 0.05) is 24.6 Å². The minimum absolute atomic E-state index is 0.0321. The summed E-state index contributed by atoms with van der Waals surface area (Å²) in [5.74, 6) is -3.03. The van der Waals surface area contributed by atoms with Gasteiger partial charge in [-0.25, -0.2) is 12.8 Å². The number of rotatable bonds is 8. The third-order valence-corrected chi connectivity index (χ3v) is 10.5. The number of sulfonamides is 1. The Balaban J connectivity index is 1.89. The molecule has 2 aliphatic rings. The normalized spacial score (nSPS) is 24.5. The summed E-state index contributed by atoms with van der Waals surface area (Å²) in [6.45, 7) is -0.424. The van der Waals surface area contributed by atoms with Crippen molar-refractivity contribution >= 4 is 39.1 Å². The molecular weight excluding hydrogens is 658 g/mol. The zero-order valence-electron chi connectivity index (χ0n) is 24.9. The van der Waals surface area contributed by atoms with Gasteiger partial charge in [0.25, 0.3) is 15.9 Å². The number of fused-ring (bicyclic) bond motifs is 1. The van der Waals surface area contributed by atoms with Crippen molar-refractivity contribution in [2.24, 2.45) is 0 Å². The first-order valence-electron chi connectivity index (χ1n) is 13.7. The number of carbonyl (C=O) groups is 2. The molecular formula is C30H29ClF4N3O7S+. The highest BCUT2D eigenvalue weighted by molar-refractivity contribution is 7.93. The van der Waals surface area contributed by atoms with E-state index in [-0.39, 0.29) is 39.8 Å². The molecule has 1 N–H and O–H groups in total. The largest absolute Gasteiger partial charge is 0.573 e. The molecule has 0 spiro atoms. The van der Waals surface area contributed by atoms with E-state index in [0.29, 0.717) is 4.31 Å². The molecule has 3 aromatic carbocycles. The van der Waals surface area contributed by atoms with E-state index in [1.165, 1.54) is 51.5 Å². The van der Waals surface area contributed by atoms with Gasteiger partial charge in [0.05, 0.1) is 38.1 Å². The van der Waals surface area contributed by atoms with Crippen LogP contribution in [-0.2, 0) is 25.2 Å². The fourth-order valence-electron chi connectivity index (χ4n) is 6.68. The fourth-order valence-corrected chi connectivity index (χ4v) is 8.41. The van der Waals surface area contributed by atoms with Crippen LogP contribution in [0.15, 0.2) is 65.6 Å². The predicted octanol–water partition coefficient (Wildman–Crippen LogP) is 4.54. The highest BCUT2D eigenvalue weighted by Gasteiger charge is 2.72. The van der Waals surface area contributed by atoms with E-state index in [1.54, 1.807) is 12.1 Å². The zero-order chi connectivity index (χ0) is 33.8. The predicted molar refractivity (Wildman–Crippen MR) is 158 cm³/mol. The summed E-state index contributed by atoms with van der Waals surface area (Å²) in [5, 5.41) is 2.57. The van der Waals surface area contributed by atoms with E-state index in [4.69, 9.17) is 21.1 Å². The molecule has 16 heteroatoms. The smallest absolute Gasteiger partial charge is 0.497 e. The molecule has 2 amide bonds. The van der Waals surface area contributed by atoms with Crippen LogP contribution in [0.3, 0.4) is 0 Å². The number of nitrogens with one attached hydrogen (secondary N) is 1. The lowest BCUT2D eigenvalue weighted by Gasteiger charge is -2.48. The Bertz CT molecular complexity index is 1830. The van der Waals surface area contributed by atoms with Crippen molar-refractivity contribution in [2.45, 2.75) is 35.4 Å². The van der Waals surface area contributed by atoms with Crippen LogP contribution in [0.1, 0.15) is 17.5 Å². The van der Waals surface area contributed by atoms with E-state index in [1.807, 2.05) is 0 Å². The highest BCUT2D eigenvalue weighted by Crippen LogP contribution is 2.58. The molecule has 0 radical (unpaired) electrons. The summed E-state index contributed by atoms with van der Waals surface area (Å²) in [6.07, 6.45) is -7.23. The second-order valence-corrected chi connectivity index (χ2v) is 13.1. The minimum Gasteiger partial charge on any atom is -0.497 e. The molecule has 0 aliphatic carbocycles. The molecule has 0 saturated carbocycles. The molecule has 246 valence electrons. The number of likely N-dealkylation sites (N-methyl/N-ethyl adjacent to an activating group) is 2. The molecule has 10 nitrogen and oxygen atoms in total. The van der Waals surface area contributed by atoms with Gasteiger partial charge in [-0.3, -0.25) is 14.1 Å². The summed E-state index contributed by atoms with van der Waals surface area (Å²) >= 11 is 6.45. The summed E-state index contributed by atoms with van der Waals surface area (Å²) < 4.78 is 99.4. The van der Waals surface area contributed by atoms with Crippen LogP contribution in [0.4, 0.5) is 23.2 Å². The molecule has 0 bridgehead atoms. The lowest BCUT2D eigenvalue weighted by Crippen LogP contribution is -2.69. The summed E-state index contributed by atoms with van der Waals surface area (Å²) in [7, 11) is 0.0364. The van der Waals surface area contributed by atoms with Gasteiger partial charge in [0.1, 0.15) is 22.9 Å². The van der Waals surface area contributed by atoms with Crippen LogP contribution in [0.25, 0.3) is 0 Å². The van der Waals surface area contributed by atoms with Gasteiger partial charge in [-0.1, -0.05) is 23.7 Å². The van der Waals surface area contributed by atoms with Crippen molar-refractivity contribution in [3.63, 3.8) is 0 Å². The summed E-state index contributed by atoms with van der Waals surface area (Å²) in [6, 6.07) is 11.4. The topological polar surface area (TPSA) is 111 Å². The molecule has 3 aromatic rings. The number of alkyl halides is 4. The van der Waals surface area contributed by atoms with E-state index in [0.717, 1.165) is 25.3 Å². The van der Waals surface area contributed by atoms with Gasteiger partial charge in [-0.05, 0) is 42.5 Å². The Hall–Kier alpha value is -4.08. The molecule has 2 unspecified atom stereocenters. The third-order valence-electron chi connectivity index (χ3n) is 8.51. The van der Waals surface area contributed by atoms with E-state index < -0.39 is 67.6 Å². The second-order valence-electron chi connectivity index (χ2n) is 10.9. The van der Waals surface area contributed by atoms with E-state index in [2.05, 4.69) is 10.1 Å². The minimum atomic E-state index is -5.32. The van der Waals surface area contributed by atoms with Crippen molar-refractivity contribution in [3.8, 4) is 17.2 Å². The monoisotopic (exact) mass is 686 g/mol. The van der Waals surface area contributed by atoms with Crippen LogP contribution < -0.4 is 23.8 Å². The summed E-state index contributed by atoms with van der Waals surface area (Å²) in [5.41, 5.74) is -2.44. The molecule has 1 fully saturated rings. The number of nitrogens with zero attached hydrogens (tertiary/aromatic N) is 2. The van der Waals surface area contributed by atoms with Crippen molar-refractivity contribution < 1.29 is 54.3 Å². The van der Waals surface area contributed by atoms with Crippen molar-refractivity contribution in [2.75, 3.05) is 39.2 Å². The maximum atomic E-state index is 15.5. The van der Waals surface area contributed by atoms with Crippen LogP contribution >= 0.6 is 11.6 Å². The lowest BCUT2D eigenvalue weighted by atomic mass is 9.78. The number of hydrogen-bond acceptors (Lipinski definition) is 7. The number of para-hydroxylation sites is 1. The Morgan fingerprint density at radius 1 is 1.04 bits per heavy atom. The highest BCUT2D eigenvalue weighted by atomic mass is 35.5. The molecule has 4 atom stereocenters. The SMILES string of the molecule is CNC(=O)[C@@H]1C[C@H](F)C[N+]1(C)C1(c2ccccc2OC)C(=O)N(S(=O)(=O)c2ccc(OC)cc2OC(F)(F)F)c2ccc(Cl)cc21. The van der Waals surface area contributed by atoms with Gasteiger partial charge in [-0.2, -0.15) is 4.31 Å². The van der Waals surface area contributed by atoms with Crippen molar-refractivity contribution in [3.05, 3.63) is 76.8 Å². The fraction of sp³-hybridized carbons (Fsp3) is 0.333.